The molecule has 2 heteroatoms. The highest BCUT2D eigenvalue weighted by molar-refractivity contribution is 5.84. The van der Waals surface area contributed by atoms with Gasteiger partial charge in [-0.15, -0.1) is 0 Å². The number of allylic oxidation sites excluding steroid dienone is 1. The summed E-state index contributed by atoms with van der Waals surface area (Å²) in [6, 6.07) is 10.9. The van der Waals surface area contributed by atoms with Crippen LogP contribution in [-0.2, 0) is 4.74 Å². The minimum absolute atomic E-state index is 0.271. The predicted octanol–water partition coefficient (Wildman–Crippen LogP) is 3.36. The van der Waals surface area contributed by atoms with Gasteiger partial charge < -0.3 is 4.74 Å². The first-order valence-electron chi connectivity index (χ1n) is 6.96. The summed E-state index contributed by atoms with van der Waals surface area (Å²) in [5.41, 5.74) is 4.90. The van der Waals surface area contributed by atoms with Crippen molar-refractivity contribution in [1.29, 1.82) is 5.26 Å². The lowest BCUT2D eigenvalue weighted by Crippen LogP contribution is -2.58. The number of hydrogen-bond donors (Lipinski definition) is 0. The maximum absolute atomic E-state index is 9.54. The van der Waals surface area contributed by atoms with E-state index in [-0.39, 0.29) is 5.41 Å². The maximum Gasteiger partial charge on any atom is 0.0998 e. The summed E-state index contributed by atoms with van der Waals surface area (Å²) in [5, 5.41) is 9.54. The van der Waals surface area contributed by atoms with Crippen molar-refractivity contribution >= 4 is 5.57 Å². The Hall–Kier alpha value is -1.59. The Morgan fingerprint density at radius 2 is 2.11 bits per heavy atom. The molecule has 1 aliphatic heterocycles. The van der Waals surface area contributed by atoms with Gasteiger partial charge in [0.15, 0.2) is 0 Å². The topological polar surface area (TPSA) is 33.0 Å². The molecule has 0 N–H and O–H groups in total. The lowest BCUT2D eigenvalue weighted by molar-refractivity contribution is -0.108. The smallest absolute Gasteiger partial charge is 0.0998 e. The van der Waals surface area contributed by atoms with Crippen molar-refractivity contribution in [2.24, 2.45) is 17.3 Å². The molecule has 0 aromatic heterocycles. The third-order valence-corrected chi connectivity index (χ3v) is 5.51. The second-order valence-corrected chi connectivity index (χ2v) is 6.55. The SMILES string of the molecule is CC1(C)[C@@H]2COCC3=C(C#N)c4ccccc4[C@H]1C32. The molecule has 1 unspecified atom stereocenters. The zero-order valence-corrected chi connectivity index (χ0v) is 11.3. The Bertz CT molecular complexity index is 635. The molecule has 0 amide bonds. The zero-order chi connectivity index (χ0) is 13.2. The highest BCUT2D eigenvalue weighted by Crippen LogP contribution is 2.67. The molecule has 2 aliphatic carbocycles. The molecule has 1 heterocycles. The van der Waals surface area contributed by atoms with Crippen LogP contribution in [0.25, 0.3) is 5.57 Å². The highest BCUT2D eigenvalue weighted by Gasteiger charge is 2.61. The molecule has 1 aromatic rings. The minimum atomic E-state index is 0.271. The molecule has 4 rings (SSSR count). The quantitative estimate of drug-likeness (QED) is 0.708. The van der Waals surface area contributed by atoms with Crippen molar-refractivity contribution in [2.45, 2.75) is 19.8 Å². The second kappa shape index (κ2) is 3.49. The standard InChI is InChI=1S/C17H17NO/c1-17(2)14-9-19-8-13-12(7-18)10-5-3-4-6-11(10)16(17)15(13)14/h3-6,14-16H,8-9H2,1-2H3/t14-,15?,16+/m1/s1. The van der Waals surface area contributed by atoms with E-state index in [1.165, 1.54) is 11.1 Å². The third kappa shape index (κ3) is 1.19. The number of nitriles is 1. The minimum Gasteiger partial charge on any atom is -0.377 e. The van der Waals surface area contributed by atoms with E-state index in [0.717, 1.165) is 17.7 Å². The fraction of sp³-hybridized carbons (Fsp3) is 0.471. The summed E-state index contributed by atoms with van der Waals surface area (Å²) in [7, 11) is 0. The Balaban J connectivity index is 2.00. The van der Waals surface area contributed by atoms with Gasteiger partial charge >= 0.3 is 0 Å². The molecule has 1 saturated carbocycles. The van der Waals surface area contributed by atoms with Crippen LogP contribution in [0.2, 0.25) is 0 Å². The number of benzene rings is 1. The Morgan fingerprint density at radius 1 is 1.32 bits per heavy atom. The maximum atomic E-state index is 9.54. The van der Waals surface area contributed by atoms with Crippen LogP contribution >= 0.6 is 0 Å². The molecule has 96 valence electrons. The molecular weight excluding hydrogens is 234 g/mol. The fourth-order valence-electron chi connectivity index (χ4n) is 4.56. The van der Waals surface area contributed by atoms with Crippen LogP contribution in [-0.4, -0.2) is 13.2 Å². The van der Waals surface area contributed by atoms with E-state index in [9.17, 15) is 5.26 Å². The van der Waals surface area contributed by atoms with Gasteiger partial charge in [-0.1, -0.05) is 38.1 Å². The zero-order valence-electron chi connectivity index (χ0n) is 11.3. The van der Waals surface area contributed by atoms with Gasteiger partial charge in [-0.2, -0.15) is 5.26 Å². The summed E-state index contributed by atoms with van der Waals surface area (Å²) < 4.78 is 5.76. The van der Waals surface area contributed by atoms with Crippen molar-refractivity contribution in [3.63, 3.8) is 0 Å². The second-order valence-electron chi connectivity index (χ2n) is 6.55. The number of hydrogen-bond acceptors (Lipinski definition) is 2. The summed E-state index contributed by atoms with van der Waals surface area (Å²) in [5.74, 6) is 1.66. The largest absolute Gasteiger partial charge is 0.377 e. The Labute approximate surface area is 113 Å². The number of fused-ring (bicyclic) bond motifs is 2. The van der Waals surface area contributed by atoms with Crippen molar-refractivity contribution < 1.29 is 4.74 Å². The lowest BCUT2D eigenvalue weighted by Gasteiger charge is -2.63. The van der Waals surface area contributed by atoms with Gasteiger partial charge in [0.1, 0.15) is 0 Å². The van der Waals surface area contributed by atoms with E-state index in [4.69, 9.17) is 4.74 Å². The molecule has 0 spiro atoms. The van der Waals surface area contributed by atoms with E-state index < -0.39 is 0 Å². The normalized spacial score (nSPS) is 33.8. The first-order valence-corrected chi connectivity index (χ1v) is 6.96. The molecule has 3 atom stereocenters. The van der Waals surface area contributed by atoms with Crippen LogP contribution in [0, 0.1) is 28.6 Å². The van der Waals surface area contributed by atoms with Gasteiger partial charge in [0, 0.05) is 0 Å². The van der Waals surface area contributed by atoms with Crippen LogP contribution in [0.5, 0.6) is 0 Å². The van der Waals surface area contributed by atoms with Crippen molar-refractivity contribution in [3.8, 4) is 6.07 Å². The predicted molar refractivity (Wildman–Crippen MR) is 73.3 cm³/mol. The van der Waals surface area contributed by atoms with Crippen LogP contribution < -0.4 is 0 Å². The fourth-order valence-corrected chi connectivity index (χ4v) is 4.56. The first kappa shape index (κ1) is 11.3. The molecule has 3 aliphatic rings. The summed E-state index contributed by atoms with van der Waals surface area (Å²) >= 11 is 0. The van der Waals surface area contributed by atoms with Gasteiger partial charge in [0.05, 0.1) is 24.9 Å². The molecular formula is C17H17NO. The molecule has 2 fully saturated rings. The Morgan fingerprint density at radius 3 is 2.89 bits per heavy atom. The third-order valence-electron chi connectivity index (χ3n) is 5.51. The van der Waals surface area contributed by atoms with Gasteiger partial charge in [0.25, 0.3) is 0 Å². The van der Waals surface area contributed by atoms with Crippen LogP contribution in [0.1, 0.15) is 30.9 Å². The summed E-state index contributed by atoms with van der Waals surface area (Å²) in [6.45, 7) is 6.18. The molecule has 2 nitrogen and oxygen atoms in total. The van der Waals surface area contributed by atoms with Gasteiger partial charge in [-0.25, -0.2) is 0 Å². The summed E-state index contributed by atoms with van der Waals surface area (Å²) in [6.07, 6.45) is 0. The molecule has 0 radical (unpaired) electrons. The van der Waals surface area contributed by atoms with Gasteiger partial charge in [-0.05, 0) is 39.9 Å². The molecule has 0 bridgehead atoms. The van der Waals surface area contributed by atoms with Gasteiger partial charge in [0.2, 0.25) is 0 Å². The van der Waals surface area contributed by atoms with Crippen LogP contribution in [0.4, 0.5) is 0 Å². The average Bonchev–Trinajstić information content (AvgIpc) is 2.43. The highest BCUT2D eigenvalue weighted by atomic mass is 16.5. The van der Waals surface area contributed by atoms with E-state index in [0.29, 0.717) is 24.4 Å². The van der Waals surface area contributed by atoms with Crippen LogP contribution in [0.3, 0.4) is 0 Å². The Kier molecular flexibility index (Phi) is 2.07. The van der Waals surface area contributed by atoms with E-state index >= 15 is 0 Å². The number of nitrogens with zero attached hydrogens (tertiary/aromatic N) is 1. The molecule has 1 saturated heterocycles. The van der Waals surface area contributed by atoms with Crippen LogP contribution in [0.15, 0.2) is 29.8 Å². The molecule has 19 heavy (non-hydrogen) atoms. The van der Waals surface area contributed by atoms with Gasteiger partial charge in [-0.3, -0.25) is 0 Å². The van der Waals surface area contributed by atoms with Crippen molar-refractivity contribution in [3.05, 3.63) is 41.0 Å². The number of rotatable bonds is 0. The van der Waals surface area contributed by atoms with E-state index in [2.05, 4.69) is 38.1 Å². The first-order chi connectivity index (χ1) is 9.16. The molecule has 1 aromatic carbocycles. The number of ether oxygens (including phenoxy) is 1. The average molecular weight is 251 g/mol. The van der Waals surface area contributed by atoms with E-state index in [1.54, 1.807) is 0 Å². The lowest BCUT2D eigenvalue weighted by atomic mass is 9.42. The summed E-state index contributed by atoms with van der Waals surface area (Å²) in [4.78, 5) is 0. The van der Waals surface area contributed by atoms with E-state index in [1.807, 2.05) is 6.07 Å². The van der Waals surface area contributed by atoms with Crippen molar-refractivity contribution in [2.75, 3.05) is 13.2 Å². The monoisotopic (exact) mass is 251 g/mol. The van der Waals surface area contributed by atoms with Crippen molar-refractivity contribution in [1.82, 2.24) is 0 Å².